The van der Waals surface area contributed by atoms with Gasteiger partial charge in [0.15, 0.2) is 11.4 Å². The molecule has 1 aliphatic heterocycles. The molecule has 9 nitrogen and oxygen atoms in total. The van der Waals surface area contributed by atoms with E-state index in [9.17, 15) is 9.59 Å². The summed E-state index contributed by atoms with van der Waals surface area (Å²) in [4.78, 5) is 30.9. The van der Waals surface area contributed by atoms with Gasteiger partial charge < -0.3 is 19.2 Å². The minimum absolute atomic E-state index is 0.0103. The van der Waals surface area contributed by atoms with Crippen molar-refractivity contribution in [2.45, 2.75) is 32.7 Å². The van der Waals surface area contributed by atoms with Crippen LogP contribution in [-0.2, 0) is 6.54 Å². The summed E-state index contributed by atoms with van der Waals surface area (Å²) < 4.78 is 11.6. The second kappa shape index (κ2) is 9.01. The molecule has 1 aromatic carbocycles. The maximum Gasteiger partial charge on any atom is 0.420 e. The third-order valence-corrected chi connectivity index (χ3v) is 5.64. The van der Waals surface area contributed by atoms with Gasteiger partial charge in [-0.15, -0.1) is 0 Å². The van der Waals surface area contributed by atoms with E-state index in [1.54, 1.807) is 18.2 Å². The Morgan fingerprint density at radius 1 is 1.33 bits per heavy atom. The van der Waals surface area contributed by atoms with Gasteiger partial charge in [0.05, 0.1) is 12.1 Å². The molecule has 0 radical (unpaired) electrons. The van der Waals surface area contributed by atoms with Crippen LogP contribution >= 0.6 is 11.6 Å². The van der Waals surface area contributed by atoms with Gasteiger partial charge in [-0.3, -0.25) is 9.36 Å². The highest BCUT2D eigenvalue weighted by atomic mass is 35.5. The first kappa shape index (κ1) is 20.6. The average Bonchev–Trinajstić information content (AvgIpc) is 3.32. The SMILES string of the molecule is CC1CCN(CCCNC(=O)c2nc(Cn3c(=O)oc4ccc(Cl)cc43)no2)CC1. The number of carbonyl (C=O) groups excluding carboxylic acids is 1. The molecule has 0 spiro atoms. The standard InChI is InChI=1S/C20H24ClN5O4/c1-13-5-9-25(10-6-13)8-2-7-22-18(27)19-23-17(24-30-19)12-26-15-11-14(21)3-4-16(15)29-20(26)28/h3-4,11,13H,2,5-10,12H2,1H3,(H,22,27). The molecule has 4 rings (SSSR count). The van der Waals surface area contributed by atoms with E-state index in [4.69, 9.17) is 20.5 Å². The summed E-state index contributed by atoms with van der Waals surface area (Å²) in [6, 6.07) is 4.88. The molecule has 0 aliphatic carbocycles. The van der Waals surface area contributed by atoms with E-state index in [1.165, 1.54) is 17.4 Å². The Labute approximate surface area is 178 Å². The maximum atomic E-state index is 12.3. The fourth-order valence-electron chi connectivity index (χ4n) is 3.60. The third kappa shape index (κ3) is 4.73. The molecule has 1 aliphatic rings. The Balaban J connectivity index is 1.31. The highest BCUT2D eigenvalue weighted by Gasteiger charge is 2.18. The van der Waals surface area contributed by atoms with Crippen molar-refractivity contribution in [2.24, 2.45) is 5.92 Å². The second-order valence-electron chi connectivity index (χ2n) is 7.72. The van der Waals surface area contributed by atoms with Gasteiger partial charge in [0.2, 0.25) is 0 Å². The van der Waals surface area contributed by atoms with Crippen LogP contribution in [-0.4, -0.2) is 51.7 Å². The van der Waals surface area contributed by atoms with Gasteiger partial charge in [-0.25, -0.2) is 4.79 Å². The number of benzene rings is 1. The summed E-state index contributed by atoms with van der Waals surface area (Å²) in [5, 5.41) is 7.08. The lowest BCUT2D eigenvalue weighted by Gasteiger charge is -2.30. The van der Waals surface area contributed by atoms with Crippen molar-refractivity contribution in [3.63, 3.8) is 0 Å². The fraction of sp³-hybridized carbons (Fsp3) is 0.500. The number of nitrogens with zero attached hydrogens (tertiary/aromatic N) is 4. The van der Waals surface area contributed by atoms with Crippen LogP contribution in [0.4, 0.5) is 0 Å². The van der Waals surface area contributed by atoms with E-state index in [0.29, 0.717) is 22.7 Å². The van der Waals surface area contributed by atoms with E-state index in [-0.39, 0.29) is 18.3 Å². The number of rotatable bonds is 7. The largest absolute Gasteiger partial charge is 0.420 e. The predicted octanol–water partition coefficient (Wildman–Crippen LogP) is 2.53. The van der Waals surface area contributed by atoms with Gasteiger partial charge in [-0.1, -0.05) is 23.7 Å². The molecule has 1 saturated heterocycles. The highest BCUT2D eigenvalue weighted by Crippen LogP contribution is 2.19. The Bertz CT molecular complexity index is 1080. The van der Waals surface area contributed by atoms with Crippen LogP contribution in [0, 0.1) is 5.92 Å². The number of nitrogens with one attached hydrogen (secondary N) is 1. The molecular weight excluding hydrogens is 410 g/mol. The van der Waals surface area contributed by atoms with E-state index in [2.05, 4.69) is 27.3 Å². The molecule has 30 heavy (non-hydrogen) atoms. The Morgan fingerprint density at radius 3 is 2.93 bits per heavy atom. The summed E-state index contributed by atoms with van der Waals surface area (Å²) in [6.07, 6.45) is 3.33. The smallest absolute Gasteiger partial charge is 0.408 e. The summed E-state index contributed by atoms with van der Waals surface area (Å²) in [5.74, 6) is -0.104. The van der Waals surface area contributed by atoms with Crippen molar-refractivity contribution < 1.29 is 13.7 Å². The molecule has 1 amide bonds. The number of halogens is 1. The molecule has 1 N–H and O–H groups in total. The number of hydrogen-bond donors (Lipinski definition) is 1. The average molecular weight is 434 g/mol. The summed E-state index contributed by atoms with van der Waals surface area (Å²) in [5.41, 5.74) is 0.935. The van der Waals surface area contributed by atoms with Gasteiger partial charge in [0.25, 0.3) is 0 Å². The Kier molecular flexibility index (Phi) is 6.19. The van der Waals surface area contributed by atoms with Crippen LogP contribution in [0.1, 0.15) is 42.7 Å². The van der Waals surface area contributed by atoms with E-state index in [1.807, 2.05) is 0 Å². The minimum Gasteiger partial charge on any atom is -0.408 e. The second-order valence-corrected chi connectivity index (χ2v) is 8.15. The molecule has 2 aromatic heterocycles. The number of aromatic nitrogens is 3. The third-order valence-electron chi connectivity index (χ3n) is 5.40. The first-order chi connectivity index (χ1) is 14.5. The molecule has 10 heteroatoms. The molecule has 0 atom stereocenters. The van der Waals surface area contributed by atoms with Crippen molar-refractivity contribution in [1.29, 1.82) is 0 Å². The number of piperidine rings is 1. The van der Waals surface area contributed by atoms with Crippen LogP contribution in [0.5, 0.6) is 0 Å². The van der Waals surface area contributed by atoms with Crippen LogP contribution in [0.3, 0.4) is 0 Å². The number of hydrogen-bond acceptors (Lipinski definition) is 7. The van der Waals surface area contributed by atoms with Crippen LogP contribution in [0.15, 0.2) is 31.9 Å². The molecule has 3 aromatic rings. The number of amides is 1. The lowest BCUT2D eigenvalue weighted by Crippen LogP contribution is -2.35. The number of likely N-dealkylation sites (tertiary alicyclic amines) is 1. The first-order valence-corrected chi connectivity index (χ1v) is 10.5. The highest BCUT2D eigenvalue weighted by molar-refractivity contribution is 6.31. The molecule has 0 saturated carbocycles. The van der Waals surface area contributed by atoms with E-state index < -0.39 is 11.7 Å². The number of oxazole rings is 1. The van der Waals surface area contributed by atoms with Gasteiger partial charge in [0.1, 0.15) is 0 Å². The predicted molar refractivity (Wildman–Crippen MR) is 111 cm³/mol. The van der Waals surface area contributed by atoms with Crippen LogP contribution in [0.25, 0.3) is 11.1 Å². The zero-order valence-electron chi connectivity index (χ0n) is 16.8. The molecule has 0 unspecified atom stereocenters. The van der Waals surface area contributed by atoms with Gasteiger partial charge in [-0.2, -0.15) is 4.98 Å². The van der Waals surface area contributed by atoms with Gasteiger partial charge in [-0.05, 0) is 63.0 Å². The monoisotopic (exact) mass is 433 g/mol. The van der Waals surface area contributed by atoms with Crippen molar-refractivity contribution >= 4 is 28.6 Å². The molecule has 3 heterocycles. The normalized spacial score (nSPS) is 15.7. The molecule has 160 valence electrons. The van der Waals surface area contributed by atoms with E-state index in [0.717, 1.165) is 32.0 Å². The Morgan fingerprint density at radius 2 is 2.13 bits per heavy atom. The van der Waals surface area contributed by atoms with Crippen molar-refractivity contribution in [3.05, 3.63) is 45.5 Å². The summed E-state index contributed by atoms with van der Waals surface area (Å²) in [6.45, 7) is 6.03. The summed E-state index contributed by atoms with van der Waals surface area (Å²) in [7, 11) is 0. The number of fused-ring (bicyclic) bond motifs is 1. The van der Waals surface area contributed by atoms with Crippen LogP contribution < -0.4 is 11.1 Å². The fourth-order valence-corrected chi connectivity index (χ4v) is 3.77. The zero-order valence-corrected chi connectivity index (χ0v) is 17.5. The lowest BCUT2D eigenvalue weighted by atomic mass is 9.99. The van der Waals surface area contributed by atoms with Crippen molar-refractivity contribution in [3.8, 4) is 0 Å². The first-order valence-electron chi connectivity index (χ1n) is 10.1. The molecular formula is C20H24ClN5O4. The quantitative estimate of drug-likeness (QED) is 0.570. The van der Waals surface area contributed by atoms with Crippen LogP contribution in [0.2, 0.25) is 5.02 Å². The Hall–Kier alpha value is -2.65. The van der Waals surface area contributed by atoms with Gasteiger partial charge >= 0.3 is 17.6 Å². The topological polar surface area (TPSA) is 106 Å². The molecule has 0 bridgehead atoms. The van der Waals surface area contributed by atoms with Gasteiger partial charge in [0, 0.05) is 11.6 Å². The minimum atomic E-state index is -0.560. The van der Waals surface area contributed by atoms with Crippen molar-refractivity contribution in [2.75, 3.05) is 26.2 Å². The zero-order chi connectivity index (χ0) is 21.1. The maximum absolute atomic E-state index is 12.3. The number of carbonyl (C=O) groups is 1. The lowest BCUT2D eigenvalue weighted by molar-refractivity contribution is 0.0907. The van der Waals surface area contributed by atoms with Crippen molar-refractivity contribution in [1.82, 2.24) is 24.9 Å². The summed E-state index contributed by atoms with van der Waals surface area (Å²) >= 11 is 6.00. The van der Waals surface area contributed by atoms with E-state index >= 15 is 0 Å². The molecule has 1 fully saturated rings.